The van der Waals surface area contributed by atoms with E-state index in [1.165, 1.54) is 89.9 Å². The number of allylic oxidation sites excluding steroid dienone is 4. The van der Waals surface area contributed by atoms with E-state index in [0.717, 1.165) is 35.9 Å². The summed E-state index contributed by atoms with van der Waals surface area (Å²) in [5.41, 5.74) is 0. The highest BCUT2D eigenvalue weighted by Crippen LogP contribution is 2.42. The smallest absolute Gasteiger partial charge is 0.0612 e. The van der Waals surface area contributed by atoms with Crippen molar-refractivity contribution >= 4 is 0 Å². The van der Waals surface area contributed by atoms with E-state index in [9.17, 15) is 0 Å². The van der Waals surface area contributed by atoms with Crippen molar-refractivity contribution in [2.45, 2.75) is 120 Å². The summed E-state index contributed by atoms with van der Waals surface area (Å²) in [6, 6.07) is 2.33. The van der Waals surface area contributed by atoms with Crippen molar-refractivity contribution in [2.75, 3.05) is 42.3 Å². The Balaban J connectivity index is 1.34. The molecule has 4 heteroatoms. The second-order valence-electron chi connectivity index (χ2n) is 13.8. The third-order valence-corrected chi connectivity index (χ3v) is 10.8. The summed E-state index contributed by atoms with van der Waals surface area (Å²) >= 11 is 0. The van der Waals surface area contributed by atoms with Gasteiger partial charge in [0.1, 0.15) is 0 Å². The molecule has 0 N–H and O–H groups in total. The fraction of sp³-hybridized carbons (Fsp3) is 0.879. The van der Waals surface area contributed by atoms with Crippen LogP contribution in [0, 0.1) is 23.7 Å². The third kappa shape index (κ3) is 8.40. The molecule has 37 heavy (non-hydrogen) atoms. The van der Waals surface area contributed by atoms with Gasteiger partial charge in [-0.1, -0.05) is 24.3 Å². The van der Waals surface area contributed by atoms with Crippen LogP contribution in [0.5, 0.6) is 0 Å². The molecule has 4 nitrogen and oxygen atoms in total. The van der Waals surface area contributed by atoms with Gasteiger partial charge in [-0.25, -0.2) is 0 Å². The molecule has 0 aromatic carbocycles. The van der Waals surface area contributed by atoms with E-state index >= 15 is 0 Å². The van der Waals surface area contributed by atoms with Crippen LogP contribution in [0.25, 0.3) is 0 Å². The van der Waals surface area contributed by atoms with E-state index in [-0.39, 0.29) is 0 Å². The van der Waals surface area contributed by atoms with Crippen LogP contribution in [0.2, 0.25) is 0 Å². The van der Waals surface area contributed by atoms with Gasteiger partial charge in [-0.15, -0.1) is 0 Å². The van der Waals surface area contributed by atoms with Crippen LogP contribution in [0.15, 0.2) is 24.3 Å². The minimum absolute atomic E-state index is 0.466. The van der Waals surface area contributed by atoms with Crippen molar-refractivity contribution < 1.29 is 4.74 Å². The van der Waals surface area contributed by atoms with Gasteiger partial charge in [0, 0.05) is 18.1 Å². The largest absolute Gasteiger partial charge is 0.374 e. The molecule has 4 rings (SSSR count). The maximum Gasteiger partial charge on any atom is 0.0612 e. The van der Waals surface area contributed by atoms with E-state index in [1.54, 1.807) is 0 Å². The van der Waals surface area contributed by atoms with Crippen LogP contribution in [0.1, 0.15) is 89.9 Å². The zero-order chi connectivity index (χ0) is 26.4. The van der Waals surface area contributed by atoms with E-state index in [1.807, 2.05) is 0 Å². The van der Waals surface area contributed by atoms with Crippen LogP contribution in [0.3, 0.4) is 0 Å². The highest BCUT2D eigenvalue weighted by atomic mass is 16.5. The van der Waals surface area contributed by atoms with Crippen LogP contribution in [-0.2, 0) is 4.74 Å². The van der Waals surface area contributed by atoms with Gasteiger partial charge in [-0.2, -0.15) is 0 Å². The van der Waals surface area contributed by atoms with Gasteiger partial charge < -0.3 is 19.4 Å². The molecule has 0 aromatic heterocycles. The SMILES string of the molecule is CN(C)C1CCC(/C=C/C=C/C2CC(C3CCC(N(C)C)CC3)OC(C3CCC(N(C)C)CC3)C2)CC1. The molecule has 0 radical (unpaired) electrons. The zero-order valence-electron chi connectivity index (χ0n) is 25.2. The minimum Gasteiger partial charge on any atom is -0.374 e. The van der Waals surface area contributed by atoms with E-state index < -0.39 is 0 Å². The van der Waals surface area contributed by atoms with Crippen molar-refractivity contribution in [1.29, 1.82) is 0 Å². The quantitative estimate of drug-likeness (QED) is 0.339. The fourth-order valence-electron chi connectivity index (χ4n) is 8.03. The van der Waals surface area contributed by atoms with Gasteiger partial charge in [0.15, 0.2) is 0 Å². The van der Waals surface area contributed by atoms with Gasteiger partial charge in [0.05, 0.1) is 12.2 Å². The Kier molecular flexibility index (Phi) is 11.2. The van der Waals surface area contributed by atoms with Crippen LogP contribution >= 0.6 is 0 Å². The average Bonchev–Trinajstić information content (AvgIpc) is 2.91. The topological polar surface area (TPSA) is 19.0 Å². The first-order valence-corrected chi connectivity index (χ1v) is 15.8. The fourth-order valence-corrected chi connectivity index (χ4v) is 8.03. The number of ether oxygens (including phenoxy) is 1. The molecule has 0 amide bonds. The van der Waals surface area contributed by atoms with Gasteiger partial charge >= 0.3 is 0 Å². The second kappa shape index (κ2) is 14.1. The maximum atomic E-state index is 7.03. The normalized spacial score (nSPS) is 40.4. The molecule has 3 aliphatic carbocycles. The number of nitrogens with zero attached hydrogens (tertiary/aromatic N) is 3. The molecule has 2 atom stereocenters. The Morgan fingerprint density at radius 3 is 1.19 bits per heavy atom. The first-order valence-electron chi connectivity index (χ1n) is 15.8. The second-order valence-corrected chi connectivity index (χ2v) is 13.8. The van der Waals surface area contributed by atoms with E-state index in [0.29, 0.717) is 18.1 Å². The summed E-state index contributed by atoms with van der Waals surface area (Å²) in [7, 11) is 13.5. The highest BCUT2D eigenvalue weighted by Gasteiger charge is 2.39. The summed E-state index contributed by atoms with van der Waals surface area (Å²) in [5.74, 6) is 2.97. The van der Waals surface area contributed by atoms with E-state index in [4.69, 9.17) is 4.74 Å². The first-order chi connectivity index (χ1) is 17.8. The Hall–Kier alpha value is -0.680. The molecule has 0 aromatic rings. The lowest BCUT2D eigenvalue weighted by atomic mass is 9.74. The monoisotopic (exact) mass is 513 g/mol. The predicted octanol–water partition coefficient (Wildman–Crippen LogP) is 6.62. The molecule has 3 saturated carbocycles. The molecule has 1 saturated heterocycles. The Labute approximate surface area is 229 Å². The van der Waals surface area contributed by atoms with Gasteiger partial charge in [0.25, 0.3) is 0 Å². The molecule has 1 heterocycles. The van der Waals surface area contributed by atoms with Gasteiger partial charge in [0.2, 0.25) is 0 Å². The standard InChI is InChI=1S/C33H59N3O/c1-34(2)29-17-11-25(12-18-29)9-7-8-10-26-23-32(27-13-19-30(20-14-27)35(3)4)37-33(24-26)28-15-21-31(22-16-28)36(5)6/h7-10,25-33H,11-24H2,1-6H3/b9-7+,10-8+. The lowest BCUT2D eigenvalue weighted by Gasteiger charge is -2.45. The van der Waals surface area contributed by atoms with Gasteiger partial charge in [-0.3, -0.25) is 0 Å². The number of hydrogen-bond donors (Lipinski definition) is 0. The average molecular weight is 514 g/mol. The molecule has 1 aliphatic heterocycles. The Morgan fingerprint density at radius 1 is 0.459 bits per heavy atom. The van der Waals surface area contributed by atoms with E-state index in [2.05, 4.69) is 81.3 Å². The molecular formula is C33H59N3O. The van der Waals surface area contributed by atoms with Crippen molar-refractivity contribution in [3.8, 4) is 0 Å². The Morgan fingerprint density at radius 2 is 0.811 bits per heavy atom. The molecule has 2 unspecified atom stereocenters. The predicted molar refractivity (Wildman–Crippen MR) is 158 cm³/mol. The summed E-state index contributed by atoms with van der Waals surface area (Å²) in [6.07, 6.45) is 29.4. The van der Waals surface area contributed by atoms with Crippen molar-refractivity contribution in [3.63, 3.8) is 0 Å². The zero-order valence-corrected chi connectivity index (χ0v) is 25.2. The molecule has 0 bridgehead atoms. The van der Waals surface area contributed by atoms with Crippen molar-refractivity contribution in [1.82, 2.24) is 14.7 Å². The summed E-state index contributed by atoms with van der Waals surface area (Å²) < 4.78 is 7.03. The molecule has 4 fully saturated rings. The van der Waals surface area contributed by atoms with Crippen molar-refractivity contribution in [2.24, 2.45) is 23.7 Å². The van der Waals surface area contributed by atoms with Crippen LogP contribution < -0.4 is 0 Å². The number of hydrogen-bond acceptors (Lipinski definition) is 4. The first kappa shape index (κ1) is 29.3. The van der Waals surface area contributed by atoms with Crippen LogP contribution in [-0.4, -0.2) is 87.3 Å². The summed E-state index contributed by atoms with van der Waals surface area (Å²) in [6.45, 7) is 0. The highest BCUT2D eigenvalue weighted by molar-refractivity contribution is 5.08. The van der Waals surface area contributed by atoms with Crippen molar-refractivity contribution in [3.05, 3.63) is 24.3 Å². The van der Waals surface area contributed by atoms with Crippen LogP contribution in [0.4, 0.5) is 0 Å². The Bertz CT molecular complexity index is 671. The summed E-state index contributed by atoms with van der Waals surface area (Å²) in [5, 5.41) is 0. The lowest BCUT2D eigenvalue weighted by Crippen LogP contribution is -2.44. The minimum atomic E-state index is 0.466. The van der Waals surface area contributed by atoms with Gasteiger partial charge in [-0.05, 0) is 156 Å². The molecular weight excluding hydrogens is 454 g/mol. The third-order valence-electron chi connectivity index (χ3n) is 10.8. The molecule has 212 valence electrons. The molecule has 4 aliphatic rings. The summed E-state index contributed by atoms with van der Waals surface area (Å²) in [4.78, 5) is 7.29. The molecule has 0 spiro atoms. The maximum absolute atomic E-state index is 7.03. The number of rotatable bonds is 8. The lowest BCUT2D eigenvalue weighted by molar-refractivity contribution is -0.125.